The lowest BCUT2D eigenvalue weighted by molar-refractivity contribution is 0.418. The molecule has 0 saturated carbocycles. The lowest BCUT2D eigenvalue weighted by Crippen LogP contribution is -2.24. The summed E-state index contributed by atoms with van der Waals surface area (Å²) in [6, 6.07) is 41.9. The highest BCUT2D eigenvalue weighted by Crippen LogP contribution is 2.48. The van der Waals surface area contributed by atoms with Crippen LogP contribution in [0.25, 0.3) is 44.7 Å². The molecule has 0 N–H and O–H groups in total. The number of benzene rings is 5. The third-order valence-corrected chi connectivity index (χ3v) is 7.56. The summed E-state index contributed by atoms with van der Waals surface area (Å²) >= 11 is 0. The summed E-state index contributed by atoms with van der Waals surface area (Å²) in [6.07, 6.45) is 0. The van der Waals surface area contributed by atoms with Gasteiger partial charge < -0.3 is 4.74 Å². The average molecular weight is 491 g/mol. The van der Waals surface area contributed by atoms with Crippen molar-refractivity contribution < 1.29 is 4.74 Å². The molecule has 0 unspecified atom stereocenters. The number of aromatic nitrogens is 2. The molecule has 7 rings (SSSR count). The number of fused-ring (bicyclic) bond motifs is 3. The van der Waals surface area contributed by atoms with Crippen LogP contribution >= 0.6 is 0 Å². The van der Waals surface area contributed by atoms with Crippen molar-refractivity contribution in [2.24, 2.45) is 0 Å². The van der Waals surface area contributed by atoms with Crippen LogP contribution in [0.4, 0.5) is 0 Å². The van der Waals surface area contributed by atoms with Crippen molar-refractivity contribution in [1.82, 2.24) is 9.97 Å². The van der Waals surface area contributed by atoms with Crippen molar-refractivity contribution >= 4 is 10.9 Å². The Bertz CT molecular complexity index is 1800. The summed E-state index contributed by atoms with van der Waals surface area (Å²) in [5.41, 5.74) is 8.56. The fourth-order valence-electron chi connectivity index (χ4n) is 5.46. The third-order valence-electron chi connectivity index (χ3n) is 7.56. The summed E-state index contributed by atoms with van der Waals surface area (Å²) in [4.78, 5) is 9.86. The van der Waals surface area contributed by atoms with Crippen LogP contribution in [0.2, 0.25) is 0 Å². The third kappa shape index (κ3) is 3.67. The lowest BCUT2D eigenvalue weighted by atomic mass is 9.75. The largest absolute Gasteiger partial charge is 0.457 e. The molecule has 38 heavy (non-hydrogen) atoms. The predicted octanol–water partition coefficient (Wildman–Crippen LogP) is 9.06. The summed E-state index contributed by atoms with van der Waals surface area (Å²) in [6.45, 7) is 4.54. The van der Waals surface area contributed by atoms with Crippen molar-refractivity contribution in [2.45, 2.75) is 19.3 Å². The molecule has 1 aliphatic heterocycles. The van der Waals surface area contributed by atoms with E-state index in [2.05, 4.69) is 92.7 Å². The zero-order valence-corrected chi connectivity index (χ0v) is 21.3. The van der Waals surface area contributed by atoms with Gasteiger partial charge in [-0.2, -0.15) is 0 Å². The van der Waals surface area contributed by atoms with Gasteiger partial charge in [0.1, 0.15) is 11.5 Å². The summed E-state index contributed by atoms with van der Waals surface area (Å²) < 4.78 is 6.26. The molecule has 1 aliphatic rings. The van der Waals surface area contributed by atoms with Gasteiger partial charge in [0.05, 0.1) is 11.2 Å². The van der Waals surface area contributed by atoms with E-state index in [1.54, 1.807) is 0 Å². The molecule has 3 nitrogen and oxygen atoms in total. The molecule has 0 bridgehead atoms. The first-order chi connectivity index (χ1) is 18.6. The van der Waals surface area contributed by atoms with E-state index in [4.69, 9.17) is 14.7 Å². The molecule has 0 saturated heterocycles. The Morgan fingerprint density at radius 3 is 2.03 bits per heavy atom. The van der Waals surface area contributed by atoms with Crippen LogP contribution < -0.4 is 4.74 Å². The van der Waals surface area contributed by atoms with E-state index < -0.39 is 0 Å². The van der Waals surface area contributed by atoms with E-state index in [1.807, 2.05) is 42.5 Å². The maximum absolute atomic E-state index is 6.26. The average Bonchev–Trinajstić information content (AvgIpc) is 2.97. The molecule has 0 fully saturated rings. The van der Waals surface area contributed by atoms with E-state index in [9.17, 15) is 0 Å². The fraction of sp³-hybridized carbons (Fsp3) is 0.0857. The normalized spacial score (nSPS) is 13.4. The summed E-state index contributed by atoms with van der Waals surface area (Å²) in [5, 5.41) is 1.05. The molecular weight excluding hydrogens is 464 g/mol. The van der Waals surface area contributed by atoms with Gasteiger partial charge in [-0.25, -0.2) is 9.97 Å². The highest BCUT2D eigenvalue weighted by atomic mass is 16.5. The van der Waals surface area contributed by atoms with Crippen LogP contribution in [0.1, 0.15) is 25.0 Å². The standard InChI is InChI=1S/C35H26N2O/c1-35(2)28-13-7-9-15-31(28)38-32-21-20-26(22-29(32)35)23-16-18-24(19-17-23)33-27-12-6-8-14-30(27)36-34(37-33)25-10-4-3-5-11-25/h3-22H,1-2H3. The van der Waals surface area contributed by atoms with Gasteiger partial charge in [0.25, 0.3) is 0 Å². The minimum Gasteiger partial charge on any atom is -0.457 e. The second-order valence-corrected chi connectivity index (χ2v) is 10.3. The van der Waals surface area contributed by atoms with Crippen LogP contribution in [0.5, 0.6) is 11.5 Å². The van der Waals surface area contributed by atoms with Crippen LogP contribution in [0.3, 0.4) is 0 Å². The minimum absolute atomic E-state index is 0.145. The zero-order valence-electron chi connectivity index (χ0n) is 21.3. The van der Waals surface area contributed by atoms with E-state index in [-0.39, 0.29) is 5.41 Å². The van der Waals surface area contributed by atoms with Crippen LogP contribution in [-0.4, -0.2) is 9.97 Å². The SMILES string of the molecule is CC1(C)c2ccccc2Oc2ccc(-c3ccc(-c4nc(-c5ccccc5)nc5ccccc45)cc3)cc21. The number of para-hydroxylation sites is 2. The Hall–Kier alpha value is -4.76. The van der Waals surface area contributed by atoms with Gasteiger partial charge >= 0.3 is 0 Å². The summed E-state index contributed by atoms with van der Waals surface area (Å²) in [5.74, 6) is 2.60. The molecule has 0 spiro atoms. The van der Waals surface area contributed by atoms with Crippen molar-refractivity contribution in [3.8, 4) is 45.3 Å². The monoisotopic (exact) mass is 490 g/mol. The Labute approximate surface area is 222 Å². The first kappa shape index (κ1) is 22.4. The minimum atomic E-state index is -0.145. The first-order valence-corrected chi connectivity index (χ1v) is 12.9. The maximum Gasteiger partial charge on any atom is 0.160 e. The molecule has 0 radical (unpaired) electrons. The van der Waals surface area contributed by atoms with Crippen molar-refractivity contribution in [1.29, 1.82) is 0 Å². The number of nitrogens with zero attached hydrogens (tertiary/aromatic N) is 2. The molecular formula is C35H26N2O. The molecule has 0 aliphatic carbocycles. The first-order valence-electron chi connectivity index (χ1n) is 12.9. The van der Waals surface area contributed by atoms with Gasteiger partial charge in [-0.3, -0.25) is 0 Å². The van der Waals surface area contributed by atoms with Crippen LogP contribution in [0.15, 0.2) is 121 Å². The number of hydrogen-bond donors (Lipinski definition) is 0. The Morgan fingerprint density at radius 2 is 1.18 bits per heavy atom. The van der Waals surface area contributed by atoms with Crippen molar-refractivity contribution in [2.75, 3.05) is 0 Å². The van der Waals surface area contributed by atoms with E-state index in [0.717, 1.165) is 50.6 Å². The van der Waals surface area contributed by atoms with Gasteiger partial charge in [0.15, 0.2) is 5.82 Å². The molecule has 2 heterocycles. The van der Waals surface area contributed by atoms with Crippen molar-refractivity contribution in [3.63, 3.8) is 0 Å². The van der Waals surface area contributed by atoms with E-state index >= 15 is 0 Å². The van der Waals surface area contributed by atoms with Gasteiger partial charge in [-0.1, -0.05) is 111 Å². The Morgan fingerprint density at radius 1 is 0.526 bits per heavy atom. The molecule has 3 heteroatoms. The smallest absolute Gasteiger partial charge is 0.160 e. The lowest BCUT2D eigenvalue weighted by Gasteiger charge is -2.34. The molecule has 0 amide bonds. The Kier molecular flexibility index (Phi) is 5.12. The fourth-order valence-corrected chi connectivity index (χ4v) is 5.46. The second kappa shape index (κ2) is 8.67. The van der Waals surface area contributed by atoms with Crippen LogP contribution in [0, 0.1) is 0 Å². The number of ether oxygens (including phenoxy) is 1. The molecule has 182 valence electrons. The topological polar surface area (TPSA) is 35.0 Å². The highest BCUT2D eigenvalue weighted by Gasteiger charge is 2.34. The van der Waals surface area contributed by atoms with Gasteiger partial charge in [-0.05, 0) is 35.4 Å². The maximum atomic E-state index is 6.26. The summed E-state index contributed by atoms with van der Waals surface area (Å²) in [7, 11) is 0. The zero-order chi connectivity index (χ0) is 25.7. The molecule has 1 aromatic heterocycles. The van der Waals surface area contributed by atoms with Gasteiger partial charge in [0, 0.05) is 33.1 Å². The molecule has 5 aromatic carbocycles. The highest BCUT2D eigenvalue weighted by molar-refractivity contribution is 5.94. The second-order valence-electron chi connectivity index (χ2n) is 10.3. The Balaban J connectivity index is 1.29. The predicted molar refractivity (Wildman–Crippen MR) is 154 cm³/mol. The van der Waals surface area contributed by atoms with E-state index in [1.165, 1.54) is 16.7 Å². The number of rotatable bonds is 3. The quantitative estimate of drug-likeness (QED) is 0.248. The van der Waals surface area contributed by atoms with Gasteiger partial charge in [-0.15, -0.1) is 0 Å². The molecule has 0 atom stereocenters. The molecule has 6 aromatic rings. The van der Waals surface area contributed by atoms with Gasteiger partial charge in [0.2, 0.25) is 0 Å². The van der Waals surface area contributed by atoms with E-state index in [0.29, 0.717) is 0 Å². The van der Waals surface area contributed by atoms with Crippen LogP contribution in [-0.2, 0) is 5.41 Å². The van der Waals surface area contributed by atoms with Crippen molar-refractivity contribution in [3.05, 3.63) is 132 Å². The number of hydrogen-bond acceptors (Lipinski definition) is 3.